The number of carbonyl (C=O) groups excluding carboxylic acids is 1. The van der Waals surface area contributed by atoms with Gasteiger partial charge < -0.3 is 24.7 Å². The zero-order chi connectivity index (χ0) is 24.7. The number of H-pyrrole nitrogens is 1. The van der Waals surface area contributed by atoms with E-state index in [1.807, 2.05) is 36.5 Å². The van der Waals surface area contributed by atoms with Gasteiger partial charge in [0.25, 0.3) is 5.91 Å². The van der Waals surface area contributed by atoms with Crippen LogP contribution in [0.3, 0.4) is 0 Å². The van der Waals surface area contributed by atoms with Gasteiger partial charge in [0.15, 0.2) is 0 Å². The normalized spacial score (nSPS) is 17.4. The lowest BCUT2D eigenvalue weighted by molar-refractivity contribution is 0.0383. The van der Waals surface area contributed by atoms with Crippen molar-refractivity contribution in [1.29, 1.82) is 0 Å². The number of likely N-dealkylation sites (N-methyl/N-ethyl adjacent to an activating group) is 1. The van der Waals surface area contributed by atoms with Crippen LogP contribution < -0.4 is 10.1 Å². The van der Waals surface area contributed by atoms with E-state index in [2.05, 4.69) is 37.0 Å². The monoisotopic (exact) mass is 528 g/mol. The second kappa shape index (κ2) is 13.2. The van der Waals surface area contributed by atoms with E-state index >= 15 is 0 Å². The van der Waals surface area contributed by atoms with Gasteiger partial charge in [0.05, 0.1) is 18.8 Å². The van der Waals surface area contributed by atoms with E-state index in [-0.39, 0.29) is 18.3 Å². The fraction of sp³-hybridized carbons (Fsp3) is 0.481. The van der Waals surface area contributed by atoms with Crippen molar-refractivity contribution in [1.82, 2.24) is 30.0 Å². The van der Waals surface area contributed by atoms with Crippen molar-refractivity contribution in [2.45, 2.75) is 0 Å². The molecule has 10 heteroatoms. The Morgan fingerprint density at radius 3 is 2.51 bits per heavy atom. The molecule has 4 heterocycles. The number of rotatable bonds is 9. The summed E-state index contributed by atoms with van der Waals surface area (Å²) < 4.78 is 11.4. The van der Waals surface area contributed by atoms with Crippen molar-refractivity contribution in [3.05, 3.63) is 48.3 Å². The highest BCUT2D eigenvalue weighted by Gasteiger charge is 2.16. The summed E-state index contributed by atoms with van der Waals surface area (Å²) in [5, 5.41) is 3.87. The molecule has 2 aliphatic rings. The molecule has 5 rings (SSSR count). The van der Waals surface area contributed by atoms with Crippen LogP contribution in [0.5, 0.6) is 5.75 Å². The molecule has 2 saturated heterocycles. The molecule has 2 N–H and O–H groups in total. The highest BCUT2D eigenvalue weighted by atomic mass is 35.5. The first kappa shape index (κ1) is 27.3. The summed E-state index contributed by atoms with van der Waals surface area (Å²) in [4.78, 5) is 27.6. The van der Waals surface area contributed by atoms with E-state index < -0.39 is 0 Å². The second-order valence-corrected chi connectivity index (χ2v) is 9.55. The highest BCUT2D eigenvalue weighted by Crippen LogP contribution is 2.26. The Hall–Kier alpha value is -2.69. The molecular weight excluding hydrogens is 492 g/mol. The predicted molar refractivity (Wildman–Crippen MR) is 148 cm³/mol. The van der Waals surface area contributed by atoms with Gasteiger partial charge >= 0.3 is 0 Å². The van der Waals surface area contributed by atoms with Gasteiger partial charge in [-0.2, -0.15) is 0 Å². The van der Waals surface area contributed by atoms with E-state index in [4.69, 9.17) is 9.47 Å². The van der Waals surface area contributed by atoms with Crippen LogP contribution in [0, 0.1) is 0 Å². The number of aromatic amines is 1. The number of piperazine rings is 1. The quantitative estimate of drug-likeness (QED) is 0.441. The van der Waals surface area contributed by atoms with Crippen molar-refractivity contribution in [3.63, 3.8) is 0 Å². The van der Waals surface area contributed by atoms with Crippen LogP contribution in [0.25, 0.3) is 22.2 Å². The van der Waals surface area contributed by atoms with Crippen LogP contribution in [0.1, 0.15) is 10.4 Å². The summed E-state index contributed by atoms with van der Waals surface area (Å²) in [7, 11) is 2.17. The number of nitrogens with one attached hydrogen (secondary N) is 2. The molecule has 1 amide bonds. The van der Waals surface area contributed by atoms with Crippen molar-refractivity contribution in [2.24, 2.45) is 0 Å². The van der Waals surface area contributed by atoms with Gasteiger partial charge in [0.1, 0.15) is 18.0 Å². The molecule has 0 bridgehead atoms. The Kier molecular flexibility index (Phi) is 9.76. The molecule has 0 atom stereocenters. The fourth-order valence-electron chi connectivity index (χ4n) is 4.70. The third-order valence-corrected chi connectivity index (χ3v) is 7.05. The predicted octanol–water partition coefficient (Wildman–Crippen LogP) is 2.34. The zero-order valence-electron chi connectivity index (χ0n) is 21.4. The summed E-state index contributed by atoms with van der Waals surface area (Å²) in [6.45, 7) is 10.8. The third kappa shape index (κ3) is 7.21. The molecule has 200 valence electrons. The smallest absolute Gasteiger partial charge is 0.253 e. The highest BCUT2D eigenvalue weighted by molar-refractivity contribution is 6.06. The standard InChI is InChI=1S/C27H36N6O3.ClH/c1-31-8-10-33(11-9-31)14-17-36-23-4-2-21(3-5-23)22-18-24-25(20-30-26(24)29-19-22)27(34)28-6-7-32-12-15-35-16-13-32;/h2-5,18-20H,6-17H2,1H3,(H,28,34)(H,29,30);1H. The minimum Gasteiger partial charge on any atom is -0.492 e. The largest absolute Gasteiger partial charge is 0.492 e. The van der Waals surface area contributed by atoms with Crippen LogP contribution in [0.4, 0.5) is 0 Å². The van der Waals surface area contributed by atoms with E-state index in [1.165, 1.54) is 0 Å². The second-order valence-electron chi connectivity index (χ2n) is 9.55. The maximum absolute atomic E-state index is 12.9. The zero-order valence-corrected chi connectivity index (χ0v) is 22.3. The average Bonchev–Trinajstić information content (AvgIpc) is 3.34. The van der Waals surface area contributed by atoms with E-state index in [1.54, 1.807) is 6.20 Å². The number of benzene rings is 1. The molecule has 37 heavy (non-hydrogen) atoms. The number of aromatic nitrogens is 2. The van der Waals surface area contributed by atoms with Gasteiger partial charge in [-0.1, -0.05) is 12.1 Å². The van der Waals surface area contributed by atoms with E-state index in [0.29, 0.717) is 24.4 Å². The first-order valence-corrected chi connectivity index (χ1v) is 12.9. The van der Waals surface area contributed by atoms with Gasteiger partial charge in [0, 0.05) is 82.2 Å². The topological polar surface area (TPSA) is 86.0 Å². The number of hydrogen-bond donors (Lipinski definition) is 2. The van der Waals surface area contributed by atoms with Gasteiger partial charge in [-0.05, 0) is 30.8 Å². The summed E-state index contributed by atoms with van der Waals surface area (Å²) in [5.41, 5.74) is 3.33. The van der Waals surface area contributed by atoms with Crippen LogP contribution in [-0.2, 0) is 4.74 Å². The average molecular weight is 529 g/mol. The van der Waals surface area contributed by atoms with Gasteiger partial charge in [-0.25, -0.2) is 4.98 Å². The Bertz CT molecular complexity index is 1140. The maximum Gasteiger partial charge on any atom is 0.253 e. The molecule has 2 aromatic heterocycles. The molecule has 0 saturated carbocycles. The van der Waals surface area contributed by atoms with Crippen molar-refractivity contribution >= 4 is 29.3 Å². The lowest BCUT2D eigenvalue weighted by Gasteiger charge is -2.32. The van der Waals surface area contributed by atoms with Gasteiger partial charge in [-0.15, -0.1) is 12.4 Å². The Morgan fingerprint density at radius 1 is 1.03 bits per heavy atom. The van der Waals surface area contributed by atoms with Crippen LogP contribution in [0.15, 0.2) is 42.7 Å². The van der Waals surface area contributed by atoms with Crippen molar-refractivity contribution in [3.8, 4) is 16.9 Å². The molecule has 0 radical (unpaired) electrons. The number of pyridine rings is 1. The molecule has 0 aliphatic carbocycles. The van der Waals surface area contributed by atoms with Crippen LogP contribution in [0.2, 0.25) is 0 Å². The Balaban J connectivity index is 0.00000320. The number of hydrogen-bond acceptors (Lipinski definition) is 7. The molecule has 1 aromatic carbocycles. The first-order chi connectivity index (χ1) is 17.7. The maximum atomic E-state index is 12.9. The summed E-state index contributed by atoms with van der Waals surface area (Å²) in [5.74, 6) is 0.779. The minimum absolute atomic E-state index is 0. The van der Waals surface area contributed by atoms with Crippen LogP contribution in [-0.4, -0.2) is 116 Å². The molecule has 2 aliphatic heterocycles. The summed E-state index contributed by atoms with van der Waals surface area (Å²) in [6.07, 6.45) is 3.57. The van der Waals surface area contributed by atoms with Gasteiger partial charge in [0.2, 0.25) is 0 Å². The molecule has 0 spiro atoms. The number of fused-ring (bicyclic) bond motifs is 1. The number of halogens is 1. The number of morpholine rings is 1. The number of nitrogens with zero attached hydrogens (tertiary/aromatic N) is 4. The van der Waals surface area contributed by atoms with E-state index in [9.17, 15) is 4.79 Å². The van der Waals surface area contributed by atoms with E-state index in [0.717, 1.165) is 87.8 Å². The Labute approximate surface area is 224 Å². The molecule has 0 unspecified atom stereocenters. The SMILES string of the molecule is CN1CCN(CCOc2ccc(-c3cnc4[nH]cc(C(=O)NCCN5CCOCC5)c4c3)cc2)CC1.Cl. The molecule has 2 fully saturated rings. The summed E-state index contributed by atoms with van der Waals surface area (Å²) in [6, 6.07) is 10.1. The summed E-state index contributed by atoms with van der Waals surface area (Å²) >= 11 is 0. The molecule has 9 nitrogen and oxygen atoms in total. The molecule has 3 aromatic rings. The Morgan fingerprint density at radius 2 is 1.76 bits per heavy atom. The minimum atomic E-state index is -0.0856. The lowest BCUT2D eigenvalue weighted by Crippen LogP contribution is -2.45. The number of ether oxygens (including phenoxy) is 2. The lowest BCUT2D eigenvalue weighted by atomic mass is 10.1. The number of carbonyl (C=O) groups is 1. The first-order valence-electron chi connectivity index (χ1n) is 12.9. The van der Waals surface area contributed by atoms with Gasteiger partial charge in [-0.3, -0.25) is 14.6 Å². The number of amides is 1. The van der Waals surface area contributed by atoms with Crippen LogP contribution >= 0.6 is 12.4 Å². The van der Waals surface area contributed by atoms with Crippen molar-refractivity contribution in [2.75, 3.05) is 85.8 Å². The third-order valence-electron chi connectivity index (χ3n) is 7.05. The fourth-order valence-corrected chi connectivity index (χ4v) is 4.70. The van der Waals surface area contributed by atoms with Crippen molar-refractivity contribution < 1.29 is 14.3 Å². The molecular formula is C27H37ClN6O3.